The van der Waals surface area contributed by atoms with Crippen LogP contribution in [-0.2, 0) is 15.5 Å². The molecular weight excluding hydrogens is 389 g/mol. The van der Waals surface area contributed by atoms with Crippen molar-refractivity contribution in [2.75, 3.05) is 33.0 Å². The standard InChI is InChI=1S/C13H29N3O2S.HI/c1-12(2,3)19(17)9-8-15-11(14-6)16-10-13(4,5)18-7;/h8-10H2,1-7H3,(H2,14,15,16);1H. The minimum absolute atomic E-state index is 0. The minimum atomic E-state index is -0.848. The second-order valence-electron chi connectivity index (χ2n) is 5.98. The van der Waals surface area contributed by atoms with Gasteiger partial charge in [-0.3, -0.25) is 9.20 Å². The average Bonchev–Trinajstić information content (AvgIpc) is 2.32. The predicted octanol–water partition coefficient (Wildman–Crippen LogP) is 1.74. The second kappa shape index (κ2) is 9.94. The molecule has 0 aliphatic heterocycles. The molecule has 0 aromatic carbocycles. The highest BCUT2D eigenvalue weighted by molar-refractivity contribution is 14.0. The van der Waals surface area contributed by atoms with E-state index in [4.69, 9.17) is 4.74 Å². The van der Waals surface area contributed by atoms with Crippen molar-refractivity contribution in [3.8, 4) is 0 Å². The van der Waals surface area contributed by atoms with Crippen LogP contribution in [0.1, 0.15) is 34.6 Å². The van der Waals surface area contributed by atoms with Crippen molar-refractivity contribution in [1.29, 1.82) is 0 Å². The van der Waals surface area contributed by atoms with Crippen molar-refractivity contribution in [1.82, 2.24) is 10.6 Å². The second-order valence-corrected chi connectivity index (χ2v) is 8.30. The molecular formula is C13H30IN3O2S. The molecule has 122 valence electrons. The summed E-state index contributed by atoms with van der Waals surface area (Å²) in [6, 6.07) is 0. The molecule has 0 bridgehead atoms. The average molecular weight is 419 g/mol. The summed E-state index contributed by atoms with van der Waals surface area (Å²) in [6.07, 6.45) is 0. The first kappa shape index (κ1) is 22.4. The number of ether oxygens (including phenoxy) is 1. The van der Waals surface area contributed by atoms with Crippen LogP contribution in [0.4, 0.5) is 0 Å². The lowest BCUT2D eigenvalue weighted by Gasteiger charge is -2.24. The predicted molar refractivity (Wildman–Crippen MR) is 98.6 cm³/mol. The number of rotatable bonds is 6. The largest absolute Gasteiger partial charge is 0.377 e. The van der Waals surface area contributed by atoms with Crippen molar-refractivity contribution in [3.05, 3.63) is 0 Å². The van der Waals surface area contributed by atoms with Gasteiger partial charge in [-0.1, -0.05) is 0 Å². The Bertz CT molecular complexity index is 328. The van der Waals surface area contributed by atoms with Crippen LogP contribution in [0, 0.1) is 0 Å². The molecule has 0 spiro atoms. The van der Waals surface area contributed by atoms with Crippen molar-refractivity contribution in [3.63, 3.8) is 0 Å². The van der Waals surface area contributed by atoms with Gasteiger partial charge in [-0.15, -0.1) is 24.0 Å². The van der Waals surface area contributed by atoms with Gasteiger partial charge in [0.25, 0.3) is 0 Å². The van der Waals surface area contributed by atoms with Gasteiger partial charge in [0.15, 0.2) is 5.96 Å². The highest BCUT2D eigenvalue weighted by Gasteiger charge is 2.19. The van der Waals surface area contributed by atoms with E-state index in [1.807, 2.05) is 34.6 Å². The summed E-state index contributed by atoms with van der Waals surface area (Å²) < 4.78 is 17.0. The van der Waals surface area contributed by atoms with E-state index in [1.54, 1.807) is 14.2 Å². The van der Waals surface area contributed by atoms with Gasteiger partial charge in [-0.05, 0) is 34.6 Å². The van der Waals surface area contributed by atoms with E-state index in [9.17, 15) is 4.21 Å². The van der Waals surface area contributed by atoms with Crippen LogP contribution in [0.3, 0.4) is 0 Å². The third-order valence-corrected chi connectivity index (χ3v) is 4.66. The third-order valence-electron chi connectivity index (χ3n) is 2.72. The Hall–Kier alpha value is 0.110. The van der Waals surface area contributed by atoms with Gasteiger partial charge in [-0.25, -0.2) is 0 Å². The Kier molecular flexibility index (Phi) is 11.1. The van der Waals surface area contributed by atoms with Crippen LogP contribution in [-0.4, -0.2) is 53.5 Å². The number of nitrogens with zero attached hydrogens (tertiary/aromatic N) is 1. The van der Waals surface area contributed by atoms with Crippen LogP contribution < -0.4 is 10.6 Å². The number of guanidine groups is 1. The summed E-state index contributed by atoms with van der Waals surface area (Å²) in [5.41, 5.74) is -0.244. The highest BCUT2D eigenvalue weighted by atomic mass is 127. The quantitative estimate of drug-likeness (QED) is 0.391. The van der Waals surface area contributed by atoms with Gasteiger partial charge < -0.3 is 15.4 Å². The van der Waals surface area contributed by atoms with Crippen molar-refractivity contribution < 1.29 is 8.95 Å². The lowest BCUT2D eigenvalue weighted by Crippen LogP contribution is -2.46. The Labute approximate surface area is 143 Å². The maximum Gasteiger partial charge on any atom is 0.191 e. The fraction of sp³-hybridized carbons (Fsp3) is 0.923. The van der Waals surface area contributed by atoms with Crippen LogP contribution in [0.25, 0.3) is 0 Å². The van der Waals surface area contributed by atoms with E-state index in [1.165, 1.54) is 0 Å². The van der Waals surface area contributed by atoms with Gasteiger partial charge in [-0.2, -0.15) is 0 Å². The molecule has 20 heavy (non-hydrogen) atoms. The number of hydrogen-bond acceptors (Lipinski definition) is 3. The zero-order chi connectivity index (χ0) is 15.1. The summed E-state index contributed by atoms with van der Waals surface area (Å²) >= 11 is 0. The Balaban J connectivity index is 0. The number of hydrogen-bond donors (Lipinski definition) is 2. The normalized spacial score (nSPS) is 14.4. The minimum Gasteiger partial charge on any atom is -0.377 e. The van der Waals surface area contributed by atoms with Gasteiger partial charge >= 0.3 is 0 Å². The summed E-state index contributed by atoms with van der Waals surface area (Å²) in [5, 5.41) is 6.35. The fourth-order valence-electron chi connectivity index (χ4n) is 1.16. The number of halogens is 1. The molecule has 0 amide bonds. The van der Waals surface area contributed by atoms with Crippen LogP contribution in [0.5, 0.6) is 0 Å². The zero-order valence-electron chi connectivity index (χ0n) is 13.7. The van der Waals surface area contributed by atoms with Gasteiger partial charge in [0, 0.05) is 48.5 Å². The molecule has 0 saturated carbocycles. The summed E-state index contributed by atoms with van der Waals surface area (Å²) in [4.78, 5) is 4.12. The van der Waals surface area contributed by atoms with E-state index >= 15 is 0 Å². The highest BCUT2D eigenvalue weighted by Crippen LogP contribution is 2.10. The van der Waals surface area contributed by atoms with E-state index in [-0.39, 0.29) is 34.3 Å². The van der Waals surface area contributed by atoms with Gasteiger partial charge in [0.05, 0.1) is 5.60 Å². The smallest absolute Gasteiger partial charge is 0.191 e. The Morgan fingerprint density at radius 1 is 1.20 bits per heavy atom. The SMILES string of the molecule is CN=C(NCCS(=O)C(C)(C)C)NCC(C)(C)OC.I. The topological polar surface area (TPSA) is 62.7 Å². The molecule has 2 N–H and O–H groups in total. The first-order valence-electron chi connectivity index (χ1n) is 6.50. The van der Waals surface area contributed by atoms with Crippen molar-refractivity contribution in [2.45, 2.75) is 45.0 Å². The number of methoxy groups -OCH3 is 1. The monoisotopic (exact) mass is 419 g/mol. The summed E-state index contributed by atoms with van der Waals surface area (Å²) in [6.45, 7) is 11.2. The fourth-order valence-corrected chi connectivity index (χ4v) is 2.06. The van der Waals surface area contributed by atoms with E-state index in [0.29, 0.717) is 24.8 Å². The molecule has 0 heterocycles. The maximum atomic E-state index is 11.9. The van der Waals surface area contributed by atoms with Gasteiger partial charge in [0.1, 0.15) is 0 Å². The third kappa shape index (κ3) is 9.93. The lowest BCUT2D eigenvalue weighted by molar-refractivity contribution is 0.0268. The molecule has 5 nitrogen and oxygen atoms in total. The van der Waals surface area contributed by atoms with Crippen LogP contribution >= 0.6 is 24.0 Å². The zero-order valence-corrected chi connectivity index (χ0v) is 16.8. The molecule has 0 aromatic heterocycles. The molecule has 0 fully saturated rings. The van der Waals surface area contributed by atoms with Crippen molar-refractivity contribution in [2.24, 2.45) is 4.99 Å². The molecule has 0 aromatic rings. The molecule has 7 heteroatoms. The first-order chi connectivity index (χ1) is 8.62. The van der Waals surface area contributed by atoms with E-state index < -0.39 is 10.8 Å². The Morgan fingerprint density at radius 2 is 1.75 bits per heavy atom. The molecule has 0 saturated heterocycles. The number of aliphatic imine (C=N–C) groups is 1. The summed E-state index contributed by atoms with van der Waals surface area (Å²) in [5.74, 6) is 1.31. The summed E-state index contributed by atoms with van der Waals surface area (Å²) in [7, 11) is 2.55. The molecule has 1 unspecified atom stereocenters. The van der Waals surface area contributed by atoms with Crippen LogP contribution in [0.15, 0.2) is 4.99 Å². The van der Waals surface area contributed by atoms with Crippen molar-refractivity contribution >= 4 is 40.7 Å². The molecule has 1 atom stereocenters. The lowest BCUT2D eigenvalue weighted by atomic mass is 10.1. The van der Waals surface area contributed by atoms with E-state index in [2.05, 4.69) is 15.6 Å². The molecule has 0 aliphatic rings. The maximum absolute atomic E-state index is 11.9. The first-order valence-corrected chi connectivity index (χ1v) is 7.82. The Morgan fingerprint density at radius 3 is 2.15 bits per heavy atom. The number of nitrogens with one attached hydrogen (secondary N) is 2. The molecule has 0 rings (SSSR count). The van der Waals surface area contributed by atoms with Gasteiger partial charge in [0.2, 0.25) is 0 Å². The molecule has 0 aliphatic carbocycles. The van der Waals surface area contributed by atoms with Crippen LogP contribution in [0.2, 0.25) is 0 Å². The molecule has 0 radical (unpaired) electrons. The van der Waals surface area contributed by atoms with E-state index in [0.717, 1.165) is 0 Å².